The lowest BCUT2D eigenvalue weighted by Crippen LogP contribution is -2.16. The Balaban J connectivity index is 1.66. The average molecular weight is 389 g/mol. The second-order valence-electron chi connectivity index (χ2n) is 5.44. The maximum Gasteiger partial charge on any atom is 0.265 e. The maximum atomic E-state index is 13.8. The molecule has 0 saturated carbocycles. The number of carbonyl (C=O) groups excluding carboxylic acids is 2. The van der Waals surface area contributed by atoms with Crippen molar-refractivity contribution in [3.05, 3.63) is 81.3 Å². The van der Waals surface area contributed by atoms with Crippen molar-refractivity contribution in [2.45, 2.75) is 6.42 Å². The van der Waals surface area contributed by atoms with Gasteiger partial charge in [0.2, 0.25) is 5.91 Å². The first-order chi connectivity index (χ1) is 12.5. The molecular weight excluding hydrogens is 375 g/mol. The van der Waals surface area contributed by atoms with E-state index in [1.165, 1.54) is 29.5 Å². The lowest BCUT2D eigenvalue weighted by molar-refractivity contribution is -0.115. The van der Waals surface area contributed by atoms with E-state index in [2.05, 4.69) is 10.6 Å². The zero-order chi connectivity index (χ0) is 18.5. The molecule has 3 aromatic rings. The molecule has 2 aromatic carbocycles. The van der Waals surface area contributed by atoms with Crippen LogP contribution >= 0.6 is 22.9 Å². The molecular formula is C19H14ClFN2O2S. The number of thiophene rings is 1. The summed E-state index contributed by atoms with van der Waals surface area (Å²) in [6.45, 7) is 0. The van der Waals surface area contributed by atoms with Gasteiger partial charge in [-0.15, -0.1) is 11.3 Å². The van der Waals surface area contributed by atoms with Gasteiger partial charge >= 0.3 is 0 Å². The van der Waals surface area contributed by atoms with Crippen molar-refractivity contribution >= 4 is 46.1 Å². The molecule has 2 N–H and O–H groups in total. The summed E-state index contributed by atoms with van der Waals surface area (Å²) < 4.78 is 13.8. The van der Waals surface area contributed by atoms with Crippen LogP contribution in [0.3, 0.4) is 0 Å². The summed E-state index contributed by atoms with van der Waals surface area (Å²) in [4.78, 5) is 24.9. The topological polar surface area (TPSA) is 58.2 Å². The van der Waals surface area contributed by atoms with Gasteiger partial charge < -0.3 is 10.6 Å². The quantitative estimate of drug-likeness (QED) is 0.648. The number of rotatable bonds is 5. The Hall–Kier alpha value is -2.70. The molecule has 0 aliphatic rings. The van der Waals surface area contributed by atoms with Crippen molar-refractivity contribution in [2.75, 3.05) is 10.6 Å². The van der Waals surface area contributed by atoms with Crippen molar-refractivity contribution in [1.82, 2.24) is 0 Å². The fourth-order valence-electron chi connectivity index (χ4n) is 2.34. The van der Waals surface area contributed by atoms with Crippen molar-refractivity contribution in [3.8, 4) is 0 Å². The molecule has 0 saturated heterocycles. The summed E-state index contributed by atoms with van der Waals surface area (Å²) in [7, 11) is 0. The molecule has 0 atom stereocenters. The van der Waals surface area contributed by atoms with Gasteiger partial charge in [0.1, 0.15) is 5.82 Å². The Labute approximate surface area is 158 Å². The van der Waals surface area contributed by atoms with Crippen LogP contribution < -0.4 is 10.6 Å². The number of hydrogen-bond donors (Lipinski definition) is 2. The van der Waals surface area contributed by atoms with Crippen LogP contribution in [0, 0.1) is 5.82 Å². The number of halogens is 2. The van der Waals surface area contributed by atoms with Crippen molar-refractivity contribution in [2.24, 2.45) is 0 Å². The lowest BCUT2D eigenvalue weighted by Gasteiger charge is -2.09. The first-order valence-electron chi connectivity index (χ1n) is 7.70. The van der Waals surface area contributed by atoms with Gasteiger partial charge in [-0.2, -0.15) is 0 Å². The first-order valence-corrected chi connectivity index (χ1v) is 8.96. The van der Waals surface area contributed by atoms with Crippen LogP contribution in [0.1, 0.15) is 15.2 Å². The van der Waals surface area contributed by atoms with E-state index in [1.54, 1.807) is 36.4 Å². The van der Waals surface area contributed by atoms with E-state index >= 15 is 0 Å². The summed E-state index contributed by atoms with van der Waals surface area (Å²) in [5.41, 5.74) is 1.19. The van der Waals surface area contributed by atoms with E-state index in [0.717, 1.165) is 0 Å². The molecule has 26 heavy (non-hydrogen) atoms. The van der Waals surface area contributed by atoms with Crippen LogP contribution in [0.25, 0.3) is 0 Å². The SMILES string of the molecule is O=C(Cc1c(F)cccc1Cl)Nc1cccc(NC(=O)c2cccs2)c1. The highest BCUT2D eigenvalue weighted by Gasteiger charge is 2.13. The molecule has 132 valence electrons. The van der Waals surface area contributed by atoms with Gasteiger partial charge in [0.15, 0.2) is 0 Å². The van der Waals surface area contributed by atoms with E-state index in [1.807, 2.05) is 5.38 Å². The summed E-state index contributed by atoms with van der Waals surface area (Å²) >= 11 is 7.28. The van der Waals surface area contributed by atoms with Crippen molar-refractivity contribution in [1.29, 1.82) is 0 Å². The van der Waals surface area contributed by atoms with Gasteiger partial charge in [0, 0.05) is 22.0 Å². The summed E-state index contributed by atoms with van der Waals surface area (Å²) in [5, 5.41) is 7.47. The number of nitrogens with one attached hydrogen (secondary N) is 2. The molecule has 0 radical (unpaired) electrons. The van der Waals surface area contributed by atoms with Gasteiger partial charge in [-0.25, -0.2) is 4.39 Å². The Kier molecular flexibility index (Phi) is 5.65. The molecule has 0 aliphatic carbocycles. The Morgan fingerprint density at radius 1 is 1.00 bits per heavy atom. The van der Waals surface area contributed by atoms with Crippen molar-refractivity contribution in [3.63, 3.8) is 0 Å². The minimum atomic E-state index is -0.524. The van der Waals surface area contributed by atoms with Crippen LogP contribution in [-0.4, -0.2) is 11.8 Å². The molecule has 0 unspecified atom stereocenters. The van der Waals surface area contributed by atoms with Crippen LogP contribution in [0.15, 0.2) is 60.0 Å². The van der Waals surface area contributed by atoms with Gasteiger partial charge in [0.05, 0.1) is 11.3 Å². The van der Waals surface area contributed by atoms with E-state index in [-0.39, 0.29) is 22.9 Å². The normalized spacial score (nSPS) is 10.4. The fourth-order valence-corrected chi connectivity index (χ4v) is 3.19. The highest BCUT2D eigenvalue weighted by molar-refractivity contribution is 7.12. The molecule has 0 spiro atoms. The lowest BCUT2D eigenvalue weighted by atomic mass is 10.1. The average Bonchev–Trinajstić information content (AvgIpc) is 3.13. The zero-order valence-electron chi connectivity index (χ0n) is 13.5. The molecule has 4 nitrogen and oxygen atoms in total. The third kappa shape index (κ3) is 4.47. The zero-order valence-corrected chi connectivity index (χ0v) is 15.0. The standard InChI is InChI=1S/C19H14ClFN2O2S/c20-15-6-2-7-16(21)14(15)11-18(24)22-12-4-1-5-13(10-12)23-19(25)17-8-3-9-26-17/h1-10H,11H2,(H,22,24)(H,23,25). The second kappa shape index (κ2) is 8.12. The predicted molar refractivity (Wildman–Crippen MR) is 102 cm³/mol. The first kappa shape index (κ1) is 18.1. The second-order valence-corrected chi connectivity index (χ2v) is 6.79. The maximum absolute atomic E-state index is 13.8. The van der Waals surface area contributed by atoms with Gasteiger partial charge in [-0.1, -0.05) is 29.8 Å². The number of carbonyl (C=O) groups is 2. The molecule has 2 amide bonds. The number of hydrogen-bond acceptors (Lipinski definition) is 3. The Morgan fingerprint density at radius 2 is 1.73 bits per heavy atom. The van der Waals surface area contributed by atoms with Gasteiger partial charge in [-0.05, 0) is 41.8 Å². The molecule has 0 bridgehead atoms. The molecule has 1 aromatic heterocycles. The summed E-state index contributed by atoms with van der Waals surface area (Å²) in [5.74, 6) is -1.15. The van der Waals surface area contributed by atoms with Crippen molar-refractivity contribution < 1.29 is 14.0 Å². The third-order valence-corrected chi connectivity index (χ3v) is 4.77. The fraction of sp³-hybridized carbons (Fsp3) is 0.0526. The van der Waals surface area contributed by atoms with Crippen LogP contribution in [0.5, 0.6) is 0 Å². The monoisotopic (exact) mass is 388 g/mol. The summed E-state index contributed by atoms with van der Waals surface area (Å²) in [6.07, 6.45) is -0.183. The molecule has 7 heteroatoms. The van der Waals surface area contributed by atoms with E-state index in [4.69, 9.17) is 11.6 Å². The minimum Gasteiger partial charge on any atom is -0.326 e. The molecule has 1 heterocycles. The number of benzene rings is 2. The minimum absolute atomic E-state index is 0.147. The van der Waals surface area contributed by atoms with Crippen LogP contribution in [0.4, 0.5) is 15.8 Å². The smallest absolute Gasteiger partial charge is 0.265 e. The van der Waals surface area contributed by atoms with E-state index in [0.29, 0.717) is 16.3 Å². The Bertz CT molecular complexity index is 924. The van der Waals surface area contributed by atoms with Gasteiger partial charge in [-0.3, -0.25) is 9.59 Å². The Morgan fingerprint density at radius 3 is 2.42 bits per heavy atom. The largest absolute Gasteiger partial charge is 0.326 e. The molecule has 0 aliphatic heterocycles. The number of anilines is 2. The summed E-state index contributed by atoms with van der Waals surface area (Å²) in [6, 6.07) is 14.5. The van der Waals surface area contributed by atoms with E-state index in [9.17, 15) is 14.0 Å². The molecule has 3 rings (SSSR count). The highest BCUT2D eigenvalue weighted by atomic mass is 35.5. The van der Waals surface area contributed by atoms with Gasteiger partial charge in [0.25, 0.3) is 5.91 Å². The highest BCUT2D eigenvalue weighted by Crippen LogP contribution is 2.21. The van der Waals surface area contributed by atoms with E-state index < -0.39 is 11.7 Å². The number of amides is 2. The van der Waals surface area contributed by atoms with Crippen LogP contribution in [0.2, 0.25) is 5.02 Å². The third-order valence-electron chi connectivity index (χ3n) is 3.55. The molecule has 0 fully saturated rings. The predicted octanol–water partition coefficient (Wildman–Crippen LogP) is 4.97. The van der Waals surface area contributed by atoms with Crippen LogP contribution in [-0.2, 0) is 11.2 Å².